The van der Waals surface area contributed by atoms with Crippen LogP contribution in [-0.4, -0.2) is 31.1 Å². The zero-order valence-electron chi connectivity index (χ0n) is 9.43. The monoisotopic (exact) mass is 219 g/mol. The second kappa shape index (κ2) is 3.55. The number of carbonyl (C=O) groups is 1. The van der Waals surface area contributed by atoms with Crippen LogP contribution in [0.3, 0.4) is 0 Å². The first kappa shape index (κ1) is 10.5. The van der Waals surface area contributed by atoms with E-state index in [1.807, 2.05) is 20.8 Å². The van der Waals surface area contributed by atoms with Gasteiger partial charge in [-0.2, -0.15) is 0 Å². The molecule has 6 nitrogen and oxygen atoms in total. The molecule has 0 fully saturated rings. The average molecular weight is 219 g/mol. The Morgan fingerprint density at radius 3 is 2.81 bits per heavy atom. The molecule has 0 aliphatic heterocycles. The van der Waals surface area contributed by atoms with E-state index < -0.39 is 0 Å². The summed E-state index contributed by atoms with van der Waals surface area (Å²) in [5.41, 5.74) is 0.823. The lowest BCUT2D eigenvalue weighted by molar-refractivity contribution is 0.234. The second-order valence-corrected chi connectivity index (χ2v) is 4.53. The Bertz CT molecular complexity index is 525. The summed E-state index contributed by atoms with van der Waals surface area (Å²) in [4.78, 5) is 23.8. The van der Waals surface area contributed by atoms with E-state index in [-0.39, 0.29) is 11.6 Å². The fraction of sp³-hybridized carbons (Fsp3) is 0.400. The number of rotatable bonds is 0. The molecule has 84 valence electrons. The third-order valence-electron chi connectivity index (χ3n) is 1.91. The van der Waals surface area contributed by atoms with E-state index in [0.29, 0.717) is 11.2 Å². The van der Waals surface area contributed by atoms with Crippen LogP contribution in [0.15, 0.2) is 18.9 Å². The van der Waals surface area contributed by atoms with Gasteiger partial charge in [0.2, 0.25) is 0 Å². The lowest BCUT2D eigenvalue weighted by Gasteiger charge is -2.20. The number of nitrogens with zero attached hydrogens (tertiary/aromatic N) is 4. The van der Waals surface area contributed by atoms with Crippen molar-refractivity contribution in [1.29, 1.82) is 0 Å². The standard InChI is InChI=1S/C10H13N5O/c1-10(2,3)14-9(16)15-6-13-7-4-11-5-12-8(7)15/h4-6H,1-3H3,(H,14,16). The van der Waals surface area contributed by atoms with Crippen LogP contribution >= 0.6 is 0 Å². The minimum absolute atomic E-state index is 0.242. The average Bonchev–Trinajstić information content (AvgIpc) is 2.58. The van der Waals surface area contributed by atoms with Crippen molar-refractivity contribution in [2.24, 2.45) is 0 Å². The highest BCUT2D eigenvalue weighted by molar-refractivity contribution is 5.86. The lowest BCUT2D eigenvalue weighted by Crippen LogP contribution is -2.42. The van der Waals surface area contributed by atoms with Gasteiger partial charge in [0, 0.05) is 5.54 Å². The number of nitrogens with one attached hydrogen (secondary N) is 1. The number of aromatic nitrogens is 4. The molecule has 6 heteroatoms. The summed E-state index contributed by atoms with van der Waals surface area (Å²) in [6.07, 6.45) is 4.41. The Balaban J connectivity index is 2.37. The maximum absolute atomic E-state index is 11.9. The molecule has 16 heavy (non-hydrogen) atoms. The normalized spacial score (nSPS) is 11.7. The van der Waals surface area contributed by atoms with Crippen LogP contribution in [0.25, 0.3) is 11.2 Å². The Labute approximate surface area is 92.7 Å². The van der Waals surface area contributed by atoms with E-state index in [0.717, 1.165) is 0 Å². The second-order valence-electron chi connectivity index (χ2n) is 4.53. The zero-order valence-corrected chi connectivity index (χ0v) is 9.43. The van der Waals surface area contributed by atoms with Gasteiger partial charge in [-0.05, 0) is 20.8 Å². The molecular formula is C10H13N5O. The molecule has 0 bridgehead atoms. The summed E-state index contributed by atoms with van der Waals surface area (Å²) in [7, 11) is 0. The van der Waals surface area contributed by atoms with Crippen LogP contribution in [0.4, 0.5) is 4.79 Å². The minimum atomic E-state index is -0.291. The van der Waals surface area contributed by atoms with Crippen molar-refractivity contribution >= 4 is 17.2 Å². The van der Waals surface area contributed by atoms with E-state index in [1.165, 1.54) is 17.2 Å². The van der Waals surface area contributed by atoms with Gasteiger partial charge in [-0.25, -0.2) is 24.3 Å². The van der Waals surface area contributed by atoms with Gasteiger partial charge in [-0.15, -0.1) is 0 Å². The van der Waals surface area contributed by atoms with E-state index in [1.54, 1.807) is 6.20 Å². The number of amides is 1. The molecule has 0 saturated carbocycles. The van der Waals surface area contributed by atoms with Crippen molar-refractivity contribution in [3.05, 3.63) is 18.9 Å². The van der Waals surface area contributed by atoms with Gasteiger partial charge in [-0.3, -0.25) is 0 Å². The largest absolute Gasteiger partial charge is 0.333 e. The highest BCUT2D eigenvalue weighted by Gasteiger charge is 2.17. The predicted octanol–water partition coefficient (Wildman–Crippen LogP) is 1.18. The molecule has 0 aliphatic rings. The highest BCUT2D eigenvalue weighted by atomic mass is 16.2. The topological polar surface area (TPSA) is 72.7 Å². The maximum Gasteiger partial charge on any atom is 0.328 e. The van der Waals surface area contributed by atoms with Crippen LogP contribution in [0.5, 0.6) is 0 Å². The maximum atomic E-state index is 11.9. The number of carbonyl (C=O) groups excluding carboxylic acids is 1. The van der Waals surface area contributed by atoms with Gasteiger partial charge < -0.3 is 5.32 Å². The molecule has 0 radical (unpaired) electrons. The van der Waals surface area contributed by atoms with Crippen molar-refractivity contribution in [3.8, 4) is 0 Å². The van der Waals surface area contributed by atoms with Crippen LogP contribution in [0.1, 0.15) is 20.8 Å². The van der Waals surface area contributed by atoms with Crippen molar-refractivity contribution < 1.29 is 4.79 Å². The van der Waals surface area contributed by atoms with Gasteiger partial charge in [0.1, 0.15) is 18.2 Å². The summed E-state index contributed by atoms with van der Waals surface area (Å²) >= 11 is 0. The van der Waals surface area contributed by atoms with Crippen molar-refractivity contribution in [1.82, 2.24) is 24.8 Å². The third-order valence-corrected chi connectivity index (χ3v) is 1.91. The molecule has 1 N–H and O–H groups in total. The van der Waals surface area contributed by atoms with Crippen molar-refractivity contribution in [2.45, 2.75) is 26.3 Å². The Morgan fingerprint density at radius 1 is 1.38 bits per heavy atom. The first-order valence-corrected chi connectivity index (χ1v) is 4.93. The third kappa shape index (κ3) is 2.00. The number of hydrogen-bond donors (Lipinski definition) is 1. The van der Waals surface area contributed by atoms with E-state index in [2.05, 4.69) is 20.3 Å². The minimum Gasteiger partial charge on any atom is -0.333 e. The van der Waals surface area contributed by atoms with Gasteiger partial charge in [0.15, 0.2) is 5.65 Å². The van der Waals surface area contributed by atoms with E-state index in [9.17, 15) is 4.79 Å². The van der Waals surface area contributed by atoms with Crippen LogP contribution in [-0.2, 0) is 0 Å². The smallest absolute Gasteiger partial charge is 0.328 e. The predicted molar refractivity (Wildman–Crippen MR) is 59.0 cm³/mol. The van der Waals surface area contributed by atoms with Gasteiger partial charge in [0.25, 0.3) is 0 Å². The molecule has 0 unspecified atom stereocenters. The number of hydrogen-bond acceptors (Lipinski definition) is 4. The number of imidazole rings is 1. The van der Waals surface area contributed by atoms with Crippen LogP contribution < -0.4 is 5.32 Å². The summed E-state index contributed by atoms with van der Waals surface area (Å²) in [5, 5.41) is 2.84. The SMILES string of the molecule is CC(C)(C)NC(=O)n1cnc2cncnc21. The van der Waals surface area contributed by atoms with E-state index in [4.69, 9.17) is 0 Å². The molecule has 2 aromatic heterocycles. The van der Waals surface area contributed by atoms with E-state index >= 15 is 0 Å². The molecule has 2 aromatic rings. The summed E-state index contributed by atoms with van der Waals surface area (Å²) in [6, 6.07) is -0.242. The summed E-state index contributed by atoms with van der Waals surface area (Å²) in [5.74, 6) is 0. The van der Waals surface area contributed by atoms with Gasteiger partial charge in [0.05, 0.1) is 6.20 Å². The summed E-state index contributed by atoms with van der Waals surface area (Å²) < 4.78 is 1.38. The fourth-order valence-corrected chi connectivity index (χ4v) is 1.30. The Morgan fingerprint density at radius 2 is 2.12 bits per heavy atom. The molecule has 0 saturated heterocycles. The van der Waals surface area contributed by atoms with Crippen molar-refractivity contribution in [3.63, 3.8) is 0 Å². The Hall–Kier alpha value is -1.98. The van der Waals surface area contributed by atoms with Gasteiger partial charge >= 0.3 is 6.03 Å². The fourth-order valence-electron chi connectivity index (χ4n) is 1.30. The molecule has 0 aromatic carbocycles. The first-order valence-electron chi connectivity index (χ1n) is 4.93. The lowest BCUT2D eigenvalue weighted by atomic mass is 10.1. The molecule has 2 heterocycles. The molecule has 2 rings (SSSR count). The van der Waals surface area contributed by atoms with Crippen LogP contribution in [0.2, 0.25) is 0 Å². The van der Waals surface area contributed by atoms with Gasteiger partial charge in [-0.1, -0.05) is 0 Å². The molecule has 0 aliphatic carbocycles. The molecule has 0 spiro atoms. The highest BCUT2D eigenvalue weighted by Crippen LogP contribution is 2.08. The number of fused-ring (bicyclic) bond motifs is 1. The Kier molecular flexibility index (Phi) is 2.34. The zero-order chi connectivity index (χ0) is 11.8. The van der Waals surface area contributed by atoms with Crippen LogP contribution in [0, 0.1) is 0 Å². The van der Waals surface area contributed by atoms with Crippen molar-refractivity contribution in [2.75, 3.05) is 0 Å². The quantitative estimate of drug-likeness (QED) is 0.722. The summed E-state index contributed by atoms with van der Waals surface area (Å²) in [6.45, 7) is 5.75. The molecular weight excluding hydrogens is 206 g/mol. The molecule has 1 amide bonds. The molecule has 0 atom stereocenters. The first-order chi connectivity index (χ1) is 7.47.